The van der Waals surface area contributed by atoms with E-state index < -0.39 is 0 Å². The van der Waals surface area contributed by atoms with Gasteiger partial charge in [-0.25, -0.2) is 0 Å². The molecular weight excluding hydrogens is 250 g/mol. The molecule has 0 saturated heterocycles. The first kappa shape index (κ1) is 14.9. The first-order chi connectivity index (χ1) is 9.36. The zero-order valence-corrected chi connectivity index (χ0v) is 13.1. The van der Waals surface area contributed by atoms with Crippen LogP contribution in [0.25, 0.3) is 0 Å². The lowest BCUT2D eigenvalue weighted by Gasteiger charge is -2.30. The third-order valence-electron chi connectivity index (χ3n) is 4.00. The Kier molecular flexibility index (Phi) is 6.25. The van der Waals surface area contributed by atoms with Gasteiger partial charge in [-0.05, 0) is 48.6 Å². The van der Waals surface area contributed by atoms with Crippen molar-refractivity contribution in [3.8, 4) is 0 Å². The summed E-state index contributed by atoms with van der Waals surface area (Å²) in [6.07, 6.45) is 5.46. The Hall–Kier alpha value is -0.470. The van der Waals surface area contributed by atoms with Crippen molar-refractivity contribution in [1.29, 1.82) is 0 Å². The van der Waals surface area contributed by atoms with E-state index in [1.54, 1.807) is 11.1 Å². The van der Waals surface area contributed by atoms with Gasteiger partial charge in [0.1, 0.15) is 0 Å². The van der Waals surface area contributed by atoms with Gasteiger partial charge in [-0.15, -0.1) is 0 Å². The fourth-order valence-electron chi connectivity index (χ4n) is 2.77. The maximum absolute atomic E-state index is 3.68. The molecule has 1 aromatic carbocycles. The Morgan fingerprint density at radius 2 is 2.05 bits per heavy atom. The van der Waals surface area contributed by atoms with E-state index in [-0.39, 0.29) is 0 Å². The van der Waals surface area contributed by atoms with Crippen LogP contribution in [0.15, 0.2) is 24.3 Å². The molecule has 1 aromatic rings. The molecule has 106 valence electrons. The van der Waals surface area contributed by atoms with Crippen molar-refractivity contribution in [2.24, 2.45) is 0 Å². The Balaban J connectivity index is 2.10. The van der Waals surface area contributed by atoms with Crippen LogP contribution < -0.4 is 5.32 Å². The second-order valence-electron chi connectivity index (χ2n) is 5.44. The van der Waals surface area contributed by atoms with E-state index in [9.17, 15) is 0 Å². The van der Waals surface area contributed by atoms with Crippen molar-refractivity contribution in [3.05, 3.63) is 35.4 Å². The molecule has 1 nitrogen and oxygen atoms in total. The van der Waals surface area contributed by atoms with E-state index in [0.717, 1.165) is 12.5 Å². The molecular formula is C17H27NS. The minimum absolute atomic E-state index is 0.526. The number of hydrogen-bond acceptors (Lipinski definition) is 2. The van der Waals surface area contributed by atoms with Crippen molar-refractivity contribution in [2.45, 2.75) is 51.5 Å². The van der Waals surface area contributed by atoms with Crippen LogP contribution >= 0.6 is 11.8 Å². The van der Waals surface area contributed by atoms with Crippen molar-refractivity contribution in [3.63, 3.8) is 0 Å². The van der Waals surface area contributed by atoms with Gasteiger partial charge in [0.05, 0.1) is 0 Å². The van der Waals surface area contributed by atoms with E-state index in [1.807, 2.05) is 0 Å². The summed E-state index contributed by atoms with van der Waals surface area (Å²) in [5.41, 5.74) is 3.16. The Bertz CT molecular complexity index is 373. The van der Waals surface area contributed by atoms with Crippen molar-refractivity contribution < 1.29 is 0 Å². The standard InChI is InChI=1S/C17H27NS/c1-3-12-19-13-17(18-4-2)16-11-6-5-10-15(16)14-8-7-9-14/h5-6,10-11,14,17-18H,3-4,7-9,12-13H2,1-2H3. The molecule has 0 aliphatic heterocycles. The van der Waals surface area contributed by atoms with Crippen LogP contribution in [0.5, 0.6) is 0 Å². The molecule has 2 heteroatoms. The highest BCUT2D eigenvalue weighted by atomic mass is 32.2. The normalized spacial score (nSPS) is 17.2. The van der Waals surface area contributed by atoms with Crippen LogP contribution in [0, 0.1) is 0 Å². The predicted octanol–water partition coefficient (Wildman–Crippen LogP) is 4.75. The Morgan fingerprint density at radius 1 is 1.26 bits per heavy atom. The molecule has 0 amide bonds. The average Bonchev–Trinajstić information content (AvgIpc) is 2.37. The van der Waals surface area contributed by atoms with Crippen LogP contribution in [0.1, 0.15) is 62.6 Å². The van der Waals surface area contributed by atoms with Crippen LogP contribution in [-0.4, -0.2) is 18.1 Å². The molecule has 19 heavy (non-hydrogen) atoms. The smallest absolute Gasteiger partial charge is 0.0414 e. The summed E-state index contributed by atoms with van der Waals surface area (Å²) in [4.78, 5) is 0. The summed E-state index contributed by atoms with van der Waals surface area (Å²) < 4.78 is 0. The van der Waals surface area contributed by atoms with Gasteiger partial charge >= 0.3 is 0 Å². The molecule has 0 heterocycles. The molecule has 0 spiro atoms. The monoisotopic (exact) mass is 277 g/mol. The van der Waals surface area contributed by atoms with E-state index in [2.05, 4.69) is 55.2 Å². The summed E-state index contributed by atoms with van der Waals surface area (Å²) in [5.74, 6) is 3.30. The molecule has 1 unspecified atom stereocenters. The lowest BCUT2D eigenvalue weighted by molar-refractivity contribution is 0.413. The minimum atomic E-state index is 0.526. The third kappa shape index (κ3) is 4.00. The van der Waals surface area contributed by atoms with Crippen LogP contribution in [0.4, 0.5) is 0 Å². The Morgan fingerprint density at radius 3 is 2.68 bits per heavy atom. The van der Waals surface area contributed by atoms with Gasteiger partial charge in [-0.1, -0.05) is 44.5 Å². The maximum Gasteiger partial charge on any atom is 0.0414 e. The summed E-state index contributed by atoms with van der Waals surface area (Å²) in [7, 11) is 0. The molecule has 1 atom stereocenters. The quantitative estimate of drug-likeness (QED) is 0.688. The van der Waals surface area contributed by atoms with Gasteiger partial charge < -0.3 is 5.32 Å². The number of nitrogens with one attached hydrogen (secondary N) is 1. The lowest BCUT2D eigenvalue weighted by atomic mass is 9.77. The van der Waals surface area contributed by atoms with Gasteiger partial charge in [-0.3, -0.25) is 0 Å². The summed E-state index contributed by atoms with van der Waals surface area (Å²) >= 11 is 2.08. The first-order valence-corrected chi connectivity index (χ1v) is 8.92. The predicted molar refractivity (Wildman–Crippen MR) is 87.1 cm³/mol. The van der Waals surface area contributed by atoms with E-state index in [0.29, 0.717) is 6.04 Å². The molecule has 2 rings (SSSR count). The zero-order valence-electron chi connectivity index (χ0n) is 12.3. The molecule has 0 aromatic heterocycles. The number of hydrogen-bond donors (Lipinski definition) is 1. The molecule has 1 saturated carbocycles. The molecule has 0 bridgehead atoms. The lowest BCUT2D eigenvalue weighted by Crippen LogP contribution is -2.25. The summed E-state index contributed by atoms with van der Waals surface area (Å²) in [6.45, 7) is 5.53. The molecule has 1 fully saturated rings. The second-order valence-corrected chi connectivity index (χ2v) is 6.59. The van der Waals surface area contributed by atoms with Crippen LogP contribution in [0.3, 0.4) is 0 Å². The number of benzene rings is 1. The number of rotatable bonds is 8. The third-order valence-corrected chi connectivity index (χ3v) is 5.27. The fraction of sp³-hybridized carbons (Fsp3) is 0.647. The highest BCUT2D eigenvalue weighted by Crippen LogP contribution is 2.39. The molecule has 1 aliphatic rings. The highest BCUT2D eigenvalue weighted by molar-refractivity contribution is 7.99. The maximum atomic E-state index is 3.68. The van der Waals surface area contributed by atoms with E-state index >= 15 is 0 Å². The number of thioether (sulfide) groups is 1. The minimum Gasteiger partial charge on any atom is -0.310 e. The zero-order chi connectivity index (χ0) is 13.5. The SMILES string of the molecule is CCCSCC(NCC)c1ccccc1C1CCC1. The van der Waals surface area contributed by atoms with E-state index in [4.69, 9.17) is 0 Å². The summed E-state index contributed by atoms with van der Waals surface area (Å²) in [6, 6.07) is 9.63. The largest absolute Gasteiger partial charge is 0.310 e. The summed E-state index contributed by atoms with van der Waals surface area (Å²) in [5, 5.41) is 3.68. The van der Waals surface area contributed by atoms with Gasteiger partial charge in [0.2, 0.25) is 0 Å². The van der Waals surface area contributed by atoms with Crippen LogP contribution in [0.2, 0.25) is 0 Å². The van der Waals surface area contributed by atoms with Crippen molar-refractivity contribution in [2.75, 3.05) is 18.1 Å². The van der Waals surface area contributed by atoms with Gasteiger partial charge in [-0.2, -0.15) is 11.8 Å². The second kappa shape index (κ2) is 7.96. The van der Waals surface area contributed by atoms with Crippen LogP contribution in [-0.2, 0) is 0 Å². The van der Waals surface area contributed by atoms with Gasteiger partial charge in [0.25, 0.3) is 0 Å². The topological polar surface area (TPSA) is 12.0 Å². The fourth-order valence-corrected chi connectivity index (χ4v) is 3.76. The molecule has 1 N–H and O–H groups in total. The van der Waals surface area contributed by atoms with Gasteiger partial charge in [0, 0.05) is 11.8 Å². The van der Waals surface area contributed by atoms with Crippen molar-refractivity contribution in [1.82, 2.24) is 5.32 Å². The van der Waals surface area contributed by atoms with Crippen molar-refractivity contribution >= 4 is 11.8 Å². The molecule has 0 radical (unpaired) electrons. The average molecular weight is 277 g/mol. The Labute approximate surface area is 122 Å². The van der Waals surface area contributed by atoms with E-state index in [1.165, 1.54) is 37.2 Å². The van der Waals surface area contributed by atoms with Gasteiger partial charge in [0.15, 0.2) is 0 Å². The molecule has 1 aliphatic carbocycles. The first-order valence-electron chi connectivity index (χ1n) is 7.76. The highest BCUT2D eigenvalue weighted by Gasteiger charge is 2.24.